The minimum Gasteiger partial charge on any atom is -0.316 e. The first-order valence-electron chi connectivity index (χ1n) is 5.76. The summed E-state index contributed by atoms with van der Waals surface area (Å²) in [6, 6.07) is 6.07. The van der Waals surface area contributed by atoms with Crippen LogP contribution < -0.4 is 5.32 Å². The molecule has 0 aromatic heterocycles. The molecule has 0 aliphatic rings. The molecule has 1 atom stereocenters. The lowest BCUT2D eigenvalue weighted by atomic mass is 10.1. The van der Waals surface area contributed by atoms with E-state index in [0.717, 1.165) is 27.8 Å². The van der Waals surface area contributed by atoms with Gasteiger partial charge in [0.15, 0.2) is 0 Å². The highest BCUT2D eigenvalue weighted by Crippen LogP contribution is 2.26. The van der Waals surface area contributed by atoms with E-state index in [1.165, 1.54) is 0 Å². The first-order valence-corrected chi connectivity index (χ1v) is 7.56. The summed E-state index contributed by atoms with van der Waals surface area (Å²) in [5.74, 6) is 1.07. The van der Waals surface area contributed by atoms with Crippen molar-refractivity contribution in [2.24, 2.45) is 0 Å². The third-order valence-electron chi connectivity index (χ3n) is 2.55. The zero-order valence-electron chi connectivity index (χ0n) is 10.5. The lowest BCUT2D eigenvalue weighted by Gasteiger charge is -2.18. The number of hydrogen-bond donors (Lipinski definition) is 1. The van der Waals surface area contributed by atoms with Crippen molar-refractivity contribution in [1.82, 2.24) is 5.32 Å². The van der Waals surface area contributed by atoms with E-state index in [0.29, 0.717) is 11.3 Å². The maximum Gasteiger partial charge on any atom is 0.0453 e. The van der Waals surface area contributed by atoms with Gasteiger partial charge in [-0.2, -0.15) is 11.8 Å². The van der Waals surface area contributed by atoms with Gasteiger partial charge in [0.2, 0.25) is 0 Å². The van der Waals surface area contributed by atoms with Gasteiger partial charge in [-0.15, -0.1) is 0 Å². The molecule has 0 aliphatic carbocycles. The Bertz CT molecular complexity index is 335. The summed E-state index contributed by atoms with van der Waals surface area (Å²) in [6.45, 7) is 4.42. The van der Waals surface area contributed by atoms with Crippen LogP contribution in [0.15, 0.2) is 18.2 Å². The van der Waals surface area contributed by atoms with Crippen LogP contribution in [0.3, 0.4) is 0 Å². The highest BCUT2D eigenvalue weighted by Gasteiger charge is 2.13. The summed E-state index contributed by atoms with van der Waals surface area (Å²) in [6.07, 6.45) is 0.870. The summed E-state index contributed by atoms with van der Waals surface area (Å²) < 4.78 is 0. The van der Waals surface area contributed by atoms with Gasteiger partial charge >= 0.3 is 0 Å². The Labute approximate surface area is 118 Å². The number of benzene rings is 1. The molecule has 0 aliphatic heterocycles. The van der Waals surface area contributed by atoms with E-state index in [2.05, 4.69) is 19.2 Å². The topological polar surface area (TPSA) is 12.0 Å². The third kappa shape index (κ3) is 5.09. The van der Waals surface area contributed by atoms with Crippen LogP contribution in [0.5, 0.6) is 0 Å². The van der Waals surface area contributed by atoms with Gasteiger partial charge in [0.1, 0.15) is 0 Å². The molecule has 0 spiro atoms. The molecule has 1 aromatic rings. The maximum atomic E-state index is 6.17. The Morgan fingerprint density at radius 1 is 1.24 bits per heavy atom. The molecule has 0 saturated carbocycles. The molecule has 0 saturated heterocycles. The standard InChI is InChI=1S/C13H19Cl2NS/c1-9(2)17-8-10(16-3)7-11-12(14)5-4-6-13(11)15/h4-6,9-10,16H,7-8H2,1-3H3. The summed E-state index contributed by atoms with van der Waals surface area (Å²) in [5.41, 5.74) is 1.04. The molecule has 0 amide bonds. The van der Waals surface area contributed by atoms with E-state index in [1.54, 1.807) is 0 Å². The lowest BCUT2D eigenvalue weighted by molar-refractivity contribution is 0.616. The van der Waals surface area contributed by atoms with Crippen LogP contribution in [0.4, 0.5) is 0 Å². The van der Waals surface area contributed by atoms with Crippen LogP contribution in [0.2, 0.25) is 10.0 Å². The van der Waals surface area contributed by atoms with Crippen LogP contribution in [0.1, 0.15) is 19.4 Å². The van der Waals surface area contributed by atoms with Gasteiger partial charge in [-0.25, -0.2) is 0 Å². The second-order valence-corrected chi connectivity index (χ2v) is 6.70. The molecule has 96 valence electrons. The van der Waals surface area contributed by atoms with Gasteiger partial charge in [0.25, 0.3) is 0 Å². The molecule has 0 fully saturated rings. The number of hydrogen-bond acceptors (Lipinski definition) is 2. The molecule has 1 nitrogen and oxygen atoms in total. The van der Waals surface area contributed by atoms with Gasteiger partial charge in [-0.1, -0.05) is 43.1 Å². The predicted octanol–water partition coefficient (Wildman–Crippen LogP) is 4.27. The van der Waals surface area contributed by atoms with E-state index >= 15 is 0 Å². The Hall–Kier alpha value is 0.110. The summed E-state index contributed by atoms with van der Waals surface area (Å²) >= 11 is 14.3. The molecule has 0 heterocycles. The van der Waals surface area contributed by atoms with Crippen molar-refractivity contribution in [3.8, 4) is 0 Å². The zero-order valence-corrected chi connectivity index (χ0v) is 12.8. The number of nitrogens with one attached hydrogen (secondary N) is 1. The van der Waals surface area contributed by atoms with Gasteiger partial charge in [-0.3, -0.25) is 0 Å². The average Bonchev–Trinajstić information content (AvgIpc) is 2.27. The Morgan fingerprint density at radius 2 is 1.82 bits per heavy atom. The fraction of sp³-hybridized carbons (Fsp3) is 0.538. The second-order valence-electron chi connectivity index (χ2n) is 4.27. The first-order chi connectivity index (χ1) is 8.04. The maximum absolute atomic E-state index is 6.17. The van der Waals surface area contributed by atoms with Crippen molar-refractivity contribution in [2.75, 3.05) is 12.8 Å². The predicted molar refractivity (Wildman–Crippen MR) is 80.6 cm³/mol. The van der Waals surface area contributed by atoms with Crippen molar-refractivity contribution in [1.29, 1.82) is 0 Å². The first kappa shape index (κ1) is 15.2. The number of rotatable bonds is 6. The van der Waals surface area contributed by atoms with Gasteiger partial charge in [-0.05, 0) is 36.4 Å². The van der Waals surface area contributed by atoms with Crippen LogP contribution in [0, 0.1) is 0 Å². The van der Waals surface area contributed by atoms with E-state index in [1.807, 2.05) is 37.0 Å². The largest absolute Gasteiger partial charge is 0.316 e. The molecule has 1 unspecified atom stereocenters. The fourth-order valence-electron chi connectivity index (χ4n) is 1.53. The highest BCUT2D eigenvalue weighted by atomic mass is 35.5. The summed E-state index contributed by atoms with van der Waals surface area (Å²) in [4.78, 5) is 0. The molecule has 0 radical (unpaired) electrons. The van der Waals surface area contributed by atoms with Crippen molar-refractivity contribution in [3.05, 3.63) is 33.8 Å². The second kappa shape index (κ2) is 7.52. The minimum atomic E-state index is 0.403. The summed E-state index contributed by atoms with van der Waals surface area (Å²) in [5, 5.41) is 5.48. The summed E-state index contributed by atoms with van der Waals surface area (Å²) in [7, 11) is 1.98. The van der Waals surface area contributed by atoms with Gasteiger partial charge in [0, 0.05) is 21.8 Å². The lowest BCUT2D eigenvalue weighted by Crippen LogP contribution is -2.30. The molecular weight excluding hydrogens is 273 g/mol. The van der Waals surface area contributed by atoms with E-state index in [9.17, 15) is 0 Å². The van der Waals surface area contributed by atoms with Crippen LogP contribution >= 0.6 is 35.0 Å². The SMILES string of the molecule is CNC(CSC(C)C)Cc1c(Cl)cccc1Cl. The van der Waals surface area contributed by atoms with Crippen LogP contribution in [-0.4, -0.2) is 24.1 Å². The van der Waals surface area contributed by atoms with Crippen molar-refractivity contribution < 1.29 is 0 Å². The van der Waals surface area contributed by atoms with E-state index in [4.69, 9.17) is 23.2 Å². The van der Waals surface area contributed by atoms with Gasteiger partial charge < -0.3 is 5.32 Å². The molecule has 0 bridgehead atoms. The monoisotopic (exact) mass is 291 g/mol. The van der Waals surface area contributed by atoms with E-state index in [-0.39, 0.29) is 0 Å². The van der Waals surface area contributed by atoms with E-state index < -0.39 is 0 Å². The van der Waals surface area contributed by atoms with Crippen molar-refractivity contribution >= 4 is 35.0 Å². The number of likely N-dealkylation sites (N-methyl/N-ethyl adjacent to an activating group) is 1. The van der Waals surface area contributed by atoms with Crippen molar-refractivity contribution in [2.45, 2.75) is 31.6 Å². The minimum absolute atomic E-state index is 0.403. The number of thioether (sulfide) groups is 1. The van der Waals surface area contributed by atoms with Gasteiger partial charge in [0.05, 0.1) is 0 Å². The quantitative estimate of drug-likeness (QED) is 0.840. The third-order valence-corrected chi connectivity index (χ3v) is 4.52. The molecule has 17 heavy (non-hydrogen) atoms. The fourth-order valence-corrected chi connectivity index (χ4v) is 2.98. The normalized spacial score (nSPS) is 13.1. The smallest absolute Gasteiger partial charge is 0.0453 e. The Balaban J connectivity index is 2.67. The molecular formula is C13H19Cl2NS. The zero-order chi connectivity index (χ0) is 12.8. The molecule has 1 aromatic carbocycles. The number of halogens is 2. The van der Waals surface area contributed by atoms with Crippen LogP contribution in [-0.2, 0) is 6.42 Å². The molecule has 1 rings (SSSR count). The highest BCUT2D eigenvalue weighted by molar-refractivity contribution is 7.99. The molecule has 4 heteroatoms. The van der Waals surface area contributed by atoms with Crippen LogP contribution in [0.25, 0.3) is 0 Å². The Kier molecular flexibility index (Phi) is 6.71. The Morgan fingerprint density at radius 3 is 2.29 bits per heavy atom. The van der Waals surface area contributed by atoms with Crippen molar-refractivity contribution in [3.63, 3.8) is 0 Å². The molecule has 1 N–H and O–H groups in total. The average molecular weight is 292 g/mol.